The summed E-state index contributed by atoms with van der Waals surface area (Å²) in [6.45, 7) is 0. The molecule has 0 atom stereocenters. The molecule has 11 heteroatoms. The van der Waals surface area contributed by atoms with Crippen LogP contribution in [0.3, 0.4) is 0 Å². The van der Waals surface area contributed by atoms with Gasteiger partial charge in [-0.3, -0.25) is 4.28 Å². The molecule has 0 N–H and O–H groups in total. The number of allylic oxidation sites excluding steroid dienone is 2. The summed E-state index contributed by atoms with van der Waals surface area (Å²) in [5.41, 5.74) is 0.859. The molecule has 1 heterocycles. The first-order chi connectivity index (χ1) is 11.6. The van der Waals surface area contributed by atoms with Crippen LogP contribution in [0.2, 0.25) is 0 Å². The summed E-state index contributed by atoms with van der Waals surface area (Å²) in [4.78, 5) is 0.551. The molecule has 0 saturated carbocycles. The summed E-state index contributed by atoms with van der Waals surface area (Å²) in [5.74, 6) is 0.131. The first kappa shape index (κ1) is 19.0. The van der Waals surface area contributed by atoms with Crippen molar-refractivity contribution >= 4 is 42.6 Å². The molecule has 0 saturated heterocycles. The summed E-state index contributed by atoms with van der Waals surface area (Å²) in [6, 6.07) is 8.00. The Bertz CT molecular complexity index is 1010. The fourth-order valence-corrected chi connectivity index (χ4v) is 3.29. The number of hydrogen-bond donors (Lipinski definition) is 0. The van der Waals surface area contributed by atoms with Crippen molar-refractivity contribution < 1.29 is 25.3 Å². The van der Waals surface area contributed by atoms with E-state index >= 15 is 0 Å². The van der Waals surface area contributed by atoms with Crippen molar-refractivity contribution in [1.82, 2.24) is 0 Å². The van der Waals surface area contributed by atoms with Crippen LogP contribution in [0.1, 0.15) is 5.56 Å². The first-order valence-electron chi connectivity index (χ1n) is 6.54. The van der Waals surface area contributed by atoms with Crippen LogP contribution in [0.5, 0.6) is 5.75 Å². The van der Waals surface area contributed by atoms with Crippen molar-refractivity contribution in [1.29, 1.82) is 5.26 Å². The molecule has 0 unspecified atom stereocenters. The van der Waals surface area contributed by atoms with Gasteiger partial charge in [-0.05, 0) is 42.0 Å². The minimum Gasteiger partial charge on any atom is -0.383 e. The van der Waals surface area contributed by atoms with Gasteiger partial charge in [-0.15, -0.1) is 0 Å². The summed E-state index contributed by atoms with van der Waals surface area (Å²) in [7, 11) is -7.33. The SMILES string of the molecule is CS(=O)(=O)ON=C1C=C/C(=C(/C#N)c2ccc(OS(C)(=O)=O)cc2)S1. The molecule has 0 radical (unpaired) electrons. The van der Waals surface area contributed by atoms with Gasteiger partial charge in [-0.25, -0.2) is 0 Å². The van der Waals surface area contributed by atoms with Crippen molar-refractivity contribution in [3.63, 3.8) is 0 Å². The molecule has 25 heavy (non-hydrogen) atoms. The Kier molecular flexibility index (Phi) is 5.56. The van der Waals surface area contributed by atoms with E-state index in [1.807, 2.05) is 0 Å². The van der Waals surface area contributed by atoms with Gasteiger partial charge in [0.05, 0.1) is 18.1 Å². The molecule has 0 fully saturated rings. The normalized spacial score (nSPS) is 18.0. The predicted molar refractivity (Wildman–Crippen MR) is 94.5 cm³/mol. The molecule has 0 aliphatic carbocycles. The number of nitriles is 1. The summed E-state index contributed by atoms with van der Waals surface area (Å²) < 4.78 is 53.1. The fraction of sp³-hybridized carbons (Fsp3) is 0.143. The van der Waals surface area contributed by atoms with Crippen molar-refractivity contribution in [2.45, 2.75) is 0 Å². The van der Waals surface area contributed by atoms with Crippen LogP contribution in [-0.2, 0) is 24.5 Å². The topological polar surface area (TPSA) is 123 Å². The third-order valence-corrected chi connectivity index (χ3v) is 4.42. The highest BCUT2D eigenvalue weighted by Gasteiger charge is 2.17. The molecule has 1 aliphatic heterocycles. The molecule has 132 valence electrons. The number of thioether (sulfide) groups is 1. The molecule has 1 aromatic rings. The standard InChI is InChI=1S/C14H12N2O6S3/c1-24(17,18)21-11-5-3-10(4-6-11)12(9-15)13-7-8-14(23-13)16-22-25(2,19)20/h3-8H,1-2H3/b13-12+,16-14?. The zero-order valence-corrected chi connectivity index (χ0v) is 15.5. The Morgan fingerprint density at radius 2 is 1.72 bits per heavy atom. The van der Waals surface area contributed by atoms with E-state index in [4.69, 9.17) is 4.18 Å². The number of oxime groups is 1. The summed E-state index contributed by atoms with van der Waals surface area (Å²) in [5, 5.41) is 13.2. The fourth-order valence-electron chi connectivity index (χ4n) is 1.73. The van der Waals surface area contributed by atoms with Gasteiger partial charge < -0.3 is 4.18 Å². The van der Waals surface area contributed by atoms with Crippen molar-refractivity contribution in [3.8, 4) is 11.8 Å². The van der Waals surface area contributed by atoms with Gasteiger partial charge in [0.25, 0.3) is 0 Å². The highest BCUT2D eigenvalue weighted by Crippen LogP contribution is 2.34. The number of benzene rings is 1. The molecule has 0 aromatic heterocycles. The predicted octanol–water partition coefficient (Wildman–Crippen LogP) is 1.85. The second kappa shape index (κ2) is 7.30. The Labute approximate surface area is 149 Å². The molecular weight excluding hydrogens is 388 g/mol. The molecular formula is C14H12N2O6S3. The molecule has 0 spiro atoms. The zero-order valence-electron chi connectivity index (χ0n) is 13.0. The third kappa shape index (κ3) is 5.93. The zero-order chi connectivity index (χ0) is 18.7. The second-order valence-corrected chi connectivity index (χ2v) is 9.00. The van der Waals surface area contributed by atoms with Crippen LogP contribution in [0.25, 0.3) is 5.57 Å². The number of rotatable bonds is 5. The lowest BCUT2D eigenvalue weighted by Crippen LogP contribution is -2.05. The van der Waals surface area contributed by atoms with Crippen molar-refractivity contribution in [3.05, 3.63) is 46.9 Å². The van der Waals surface area contributed by atoms with Gasteiger partial charge in [-0.1, -0.05) is 16.9 Å². The van der Waals surface area contributed by atoms with Crippen LogP contribution < -0.4 is 4.18 Å². The van der Waals surface area contributed by atoms with Gasteiger partial charge in [0.2, 0.25) is 0 Å². The monoisotopic (exact) mass is 400 g/mol. The van der Waals surface area contributed by atoms with E-state index in [9.17, 15) is 22.1 Å². The Hall–Kier alpha value is -2.29. The Balaban J connectivity index is 2.24. The lowest BCUT2D eigenvalue weighted by atomic mass is 10.1. The van der Waals surface area contributed by atoms with E-state index < -0.39 is 20.2 Å². The number of hydrogen-bond acceptors (Lipinski definition) is 9. The molecule has 1 aromatic carbocycles. The molecule has 2 rings (SSSR count). The maximum atomic E-state index is 11.1. The quantitative estimate of drug-likeness (QED) is 0.417. The van der Waals surface area contributed by atoms with Crippen molar-refractivity contribution in [2.75, 3.05) is 12.5 Å². The highest BCUT2D eigenvalue weighted by atomic mass is 32.2. The van der Waals surface area contributed by atoms with Gasteiger partial charge in [0.15, 0.2) is 0 Å². The minimum absolute atomic E-state index is 0.131. The summed E-state index contributed by atoms with van der Waals surface area (Å²) in [6.07, 6.45) is 4.93. The average molecular weight is 400 g/mol. The van der Waals surface area contributed by atoms with E-state index in [0.717, 1.165) is 24.3 Å². The molecule has 1 aliphatic rings. The highest BCUT2D eigenvalue weighted by molar-refractivity contribution is 8.18. The van der Waals surface area contributed by atoms with Crippen LogP contribution in [0, 0.1) is 11.3 Å². The Morgan fingerprint density at radius 3 is 2.24 bits per heavy atom. The van der Waals surface area contributed by atoms with Crippen LogP contribution in [0.4, 0.5) is 0 Å². The maximum Gasteiger partial charge on any atom is 0.325 e. The second-order valence-electron chi connectivity index (χ2n) is 4.81. The van der Waals surface area contributed by atoms with Crippen molar-refractivity contribution in [2.24, 2.45) is 5.16 Å². The van der Waals surface area contributed by atoms with E-state index in [2.05, 4.69) is 15.5 Å². The smallest absolute Gasteiger partial charge is 0.325 e. The largest absolute Gasteiger partial charge is 0.383 e. The summed E-state index contributed by atoms with van der Waals surface area (Å²) >= 11 is 1.07. The van der Waals surface area contributed by atoms with Crippen LogP contribution in [0.15, 0.2) is 46.5 Å². The first-order valence-corrected chi connectivity index (χ1v) is 11.0. The molecule has 8 nitrogen and oxygen atoms in total. The average Bonchev–Trinajstić information content (AvgIpc) is 2.94. The van der Waals surface area contributed by atoms with Gasteiger partial charge in [0, 0.05) is 4.91 Å². The van der Waals surface area contributed by atoms with E-state index in [0.29, 0.717) is 16.0 Å². The molecule has 0 bridgehead atoms. The maximum absolute atomic E-state index is 11.1. The van der Waals surface area contributed by atoms with E-state index in [-0.39, 0.29) is 10.8 Å². The van der Waals surface area contributed by atoms with Crippen LogP contribution >= 0.6 is 11.8 Å². The lowest BCUT2D eigenvalue weighted by Gasteiger charge is -2.05. The Morgan fingerprint density at radius 1 is 1.08 bits per heavy atom. The minimum atomic E-state index is -3.71. The lowest BCUT2D eigenvalue weighted by molar-refractivity contribution is 0.345. The van der Waals surface area contributed by atoms with Gasteiger partial charge >= 0.3 is 20.2 Å². The van der Waals surface area contributed by atoms with Gasteiger partial charge in [0.1, 0.15) is 16.9 Å². The van der Waals surface area contributed by atoms with E-state index in [1.54, 1.807) is 18.2 Å². The molecule has 0 amide bonds. The third-order valence-electron chi connectivity index (χ3n) is 2.60. The van der Waals surface area contributed by atoms with Crippen LogP contribution in [-0.4, -0.2) is 34.4 Å². The van der Waals surface area contributed by atoms with E-state index in [1.165, 1.54) is 18.2 Å². The van der Waals surface area contributed by atoms with Gasteiger partial charge in [-0.2, -0.15) is 22.1 Å². The number of nitrogens with zero attached hydrogens (tertiary/aromatic N) is 2.